The van der Waals surface area contributed by atoms with Gasteiger partial charge in [-0.1, -0.05) is 65.7 Å². The SMILES string of the molecule is Cc1ccc(C)c(CN(Cc2cc(C)ccc2C)c2ccc3c(c2)C2(OC(=O)c4ccccc42)c2ccc(N(C)C)cc2O3)c1. The van der Waals surface area contributed by atoms with Gasteiger partial charge in [0.05, 0.1) is 5.56 Å². The molecule has 226 valence electrons. The highest BCUT2D eigenvalue weighted by Crippen LogP contribution is 2.57. The third-order valence-corrected chi connectivity index (χ3v) is 9.29. The zero-order valence-corrected chi connectivity index (χ0v) is 26.8. The predicted molar refractivity (Wildman–Crippen MR) is 181 cm³/mol. The van der Waals surface area contributed by atoms with Crippen molar-refractivity contribution in [3.63, 3.8) is 0 Å². The molecule has 0 radical (unpaired) electrons. The molecule has 0 N–H and O–H groups in total. The van der Waals surface area contributed by atoms with E-state index in [1.54, 1.807) is 0 Å². The van der Waals surface area contributed by atoms with E-state index in [9.17, 15) is 4.79 Å². The highest BCUT2D eigenvalue weighted by molar-refractivity contribution is 5.97. The van der Waals surface area contributed by atoms with Crippen LogP contribution in [0.2, 0.25) is 0 Å². The Balaban J connectivity index is 1.42. The van der Waals surface area contributed by atoms with Crippen LogP contribution in [-0.4, -0.2) is 20.1 Å². The number of hydrogen-bond donors (Lipinski definition) is 0. The Labute approximate surface area is 265 Å². The molecule has 0 saturated carbocycles. The summed E-state index contributed by atoms with van der Waals surface area (Å²) in [6.07, 6.45) is 0. The molecule has 0 amide bonds. The Morgan fingerprint density at radius 1 is 0.622 bits per heavy atom. The van der Waals surface area contributed by atoms with Crippen LogP contribution >= 0.6 is 0 Å². The second-order valence-electron chi connectivity index (χ2n) is 12.7. The summed E-state index contributed by atoms with van der Waals surface area (Å²) in [5, 5.41) is 0. The summed E-state index contributed by atoms with van der Waals surface area (Å²) >= 11 is 0. The third kappa shape index (κ3) is 4.83. The molecule has 0 saturated heterocycles. The minimum atomic E-state index is -1.12. The number of aryl methyl sites for hydroxylation is 4. The van der Waals surface area contributed by atoms with E-state index in [2.05, 4.69) is 87.2 Å². The van der Waals surface area contributed by atoms with Gasteiger partial charge in [0, 0.05) is 61.3 Å². The average Bonchev–Trinajstić information content (AvgIpc) is 3.32. The molecule has 5 aromatic carbocycles. The molecule has 0 fully saturated rings. The van der Waals surface area contributed by atoms with Gasteiger partial charge in [0.1, 0.15) is 11.5 Å². The summed E-state index contributed by atoms with van der Waals surface area (Å²) in [6, 6.07) is 33.5. The number of nitrogens with zero attached hydrogens (tertiary/aromatic N) is 2. The highest BCUT2D eigenvalue weighted by atomic mass is 16.6. The minimum absolute atomic E-state index is 0.325. The number of rotatable bonds is 6. The van der Waals surface area contributed by atoms with E-state index < -0.39 is 5.60 Å². The first-order chi connectivity index (χ1) is 21.6. The molecule has 5 aromatic rings. The van der Waals surface area contributed by atoms with Gasteiger partial charge in [-0.2, -0.15) is 0 Å². The number of fused-ring (bicyclic) bond motifs is 6. The van der Waals surface area contributed by atoms with E-state index in [-0.39, 0.29) is 5.97 Å². The van der Waals surface area contributed by atoms with Gasteiger partial charge >= 0.3 is 5.97 Å². The standard InChI is InChI=1S/C40H38N2O3/c1-25-11-13-27(3)29(19-25)23-42(24-30-20-26(2)12-14-28(30)4)32-16-18-37-36(21-32)40(34-10-8-7-9-33(34)39(43)45-40)35-17-15-31(41(5)6)22-38(35)44-37/h7-22H,23-24H2,1-6H3. The second kappa shape index (κ2) is 10.8. The lowest BCUT2D eigenvalue weighted by Crippen LogP contribution is -2.33. The molecule has 0 bridgehead atoms. The second-order valence-corrected chi connectivity index (χ2v) is 12.7. The summed E-state index contributed by atoms with van der Waals surface area (Å²) in [7, 11) is 4.01. The molecule has 0 aromatic heterocycles. The van der Waals surface area contributed by atoms with Crippen molar-refractivity contribution >= 4 is 17.3 Å². The molecule has 5 heteroatoms. The molecule has 2 aliphatic rings. The fourth-order valence-corrected chi connectivity index (χ4v) is 6.71. The molecular formula is C40H38N2O3. The number of esters is 1. The zero-order chi connectivity index (χ0) is 31.5. The molecule has 1 unspecified atom stereocenters. The molecule has 0 aliphatic carbocycles. The van der Waals surface area contributed by atoms with Crippen LogP contribution in [0.3, 0.4) is 0 Å². The van der Waals surface area contributed by atoms with Gasteiger partial charge < -0.3 is 19.3 Å². The van der Waals surface area contributed by atoms with Crippen LogP contribution in [0.5, 0.6) is 11.5 Å². The fraction of sp³-hybridized carbons (Fsp3) is 0.225. The van der Waals surface area contributed by atoms with Gasteiger partial charge in [0.15, 0.2) is 5.60 Å². The summed E-state index contributed by atoms with van der Waals surface area (Å²) in [6.45, 7) is 10.1. The van der Waals surface area contributed by atoms with Crippen LogP contribution in [0.15, 0.2) is 97.1 Å². The number of benzene rings is 5. The summed E-state index contributed by atoms with van der Waals surface area (Å²) < 4.78 is 13.1. The first kappa shape index (κ1) is 28.7. The summed E-state index contributed by atoms with van der Waals surface area (Å²) in [5.74, 6) is 1.05. The Hall–Kier alpha value is -5.03. The maximum absolute atomic E-state index is 13.5. The van der Waals surface area contributed by atoms with Crippen molar-refractivity contribution in [3.8, 4) is 11.5 Å². The van der Waals surface area contributed by atoms with Crippen molar-refractivity contribution in [2.75, 3.05) is 23.9 Å². The highest BCUT2D eigenvalue weighted by Gasteiger charge is 2.53. The van der Waals surface area contributed by atoms with Crippen molar-refractivity contribution in [1.29, 1.82) is 0 Å². The van der Waals surface area contributed by atoms with Crippen LogP contribution in [0, 0.1) is 27.7 Å². The lowest BCUT2D eigenvalue weighted by atomic mass is 9.77. The first-order valence-corrected chi connectivity index (χ1v) is 15.5. The largest absolute Gasteiger partial charge is 0.456 e. The quantitative estimate of drug-likeness (QED) is 0.184. The maximum Gasteiger partial charge on any atom is 0.340 e. The van der Waals surface area contributed by atoms with Gasteiger partial charge in [-0.15, -0.1) is 0 Å². The van der Waals surface area contributed by atoms with Crippen LogP contribution in [0.1, 0.15) is 60.4 Å². The normalized spacial score (nSPS) is 16.0. The lowest BCUT2D eigenvalue weighted by Gasteiger charge is -2.38. The Morgan fingerprint density at radius 2 is 1.27 bits per heavy atom. The van der Waals surface area contributed by atoms with E-state index in [0.29, 0.717) is 17.1 Å². The molecule has 2 aliphatic heterocycles. The molecular weight excluding hydrogens is 556 g/mol. The molecule has 7 rings (SSSR count). The van der Waals surface area contributed by atoms with Crippen LogP contribution in [-0.2, 0) is 23.4 Å². The predicted octanol–water partition coefficient (Wildman–Crippen LogP) is 8.76. The van der Waals surface area contributed by atoms with Crippen molar-refractivity contribution in [2.24, 2.45) is 0 Å². The molecule has 2 heterocycles. The van der Waals surface area contributed by atoms with E-state index in [4.69, 9.17) is 9.47 Å². The number of ether oxygens (including phenoxy) is 2. The van der Waals surface area contributed by atoms with Crippen molar-refractivity contribution in [2.45, 2.75) is 46.4 Å². The number of carbonyl (C=O) groups is 1. The summed E-state index contributed by atoms with van der Waals surface area (Å²) in [5.41, 5.74) is 11.6. The number of anilines is 2. The smallest absolute Gasteiger partial charge is 0.340 e. The molecule has 5 nitrogen and oxygen atoms in total. The van der Waals surface area contributed by atoms with E-state index >= 15 is 0 Å². The Kier molecular flexibility index (Phi) is 6.92. The first-order valence-electron chi connectivity index (χ1n) is 15.5. The Bertz CT molecular complexity index is 1920. The molecule has 45 heavy (non-hydrogen) atoms. The van der Waals surface area contributed by atoms with E-state index in [1.807, 2.05) is 61.5 Å². The van der Waals surface area contributed by atoms with E-state index in [1.165, 1.54) is 33.4 Å². The van der Waals surface area contributed by atoms with Crippen LogP contribution < -0.4 is 14.5 Å². The van der Waals surface area contributed by atoms with Gasteiger partial charge in [-0.05, 0) is 86.3 Å². The zero-order valence-electron chi connectivity index (χ0n) is 26.8. The number of hydrogen-bond acceptors (Lipinski definition) is 5. The van der Waals surface area contributed by atoms with Crippen LogP contribution in [0.4, 0.5) is 11.4 Å². The lowest BCUT2D eigenvalue weighted by molar-refractivity contribution is 0.0224. The van der Waals surface area contributed by atoms with Crippen LogP contribution in [0.25, 0.3) is 0 Å². The minimum Gasteiger partial charge on any atom is -0.456 e. The van der Waals surface area contributed by atoms with Gasteiger partial charge in [-0.25, -0.2) is 4.79 Å². The molecule has 1 spiro atoms. The fourth-order valence-electron chi connectivity index (χ4n) is 6.71. The van der Waals surface area contributed by atoms with Gasteiger partial charge in [0.2, 0.25) is 0 Å². The van der Waals surface area contributed by atoms with Crippen molar-refractivity contribution in [3.05, 3.63) is 153 Å². The van der Waals surface area contributed by atoms with Gasteiger partial charge in [0.25, 0.3) is 0 Å². The monoisotopic (exact) mass is 594 g/mol. The molecule has 1 atom stereocenters. The summed E-state index contributed by atoms with van der Waals surface area (Å²) in [4.78, 5) is 18.0. The average molecular weight is 595 g/mol. The van der Waals surface area contributed by atoms with Crippen molar-refractivity contribution in [1.82, 2.24) is 0 Å². The number of carbonyl (C=O) groups excluding carboxylic acids is 1. The topological polar surface area (TPSA) is 42.0 Å². The van der Waals surface area contributed by atoms with Gasteiger partial charge in [-0.3, -0.25) is 0 Å². The Morgan fingerprint density at radius 3 is 1.93 bits per heavy atom. The maximum atomic E-state index is 13.5. The van der Waals surface area contributed by atoms with E-state index in [0.717, 1.165) is 41.2 Å². The van der Waals surface area contributed by atoms with Crippen molar-refractivity contribution < 1.29 is 14.3 Å². The third-order valence-electron chi connectivity index (χ3n) is 9.29.